The maximum absolute atomic E-state index is 13.1. The third kappa shape index (κ3) is 4.78. The highest BCUT2D eigenvalue weighted by molar-refractivity contribution is 5.81. The summed E-state index contributed by atoms with van der Waals surface area (Å²) in [4.78, 5) is 28.2. The van der Waals surface area contributed by atoms with E-state index in [0.717, 1.165) is 11.6 Å². The van der Waals surface area contributed by atoms with Gasteiger partial charge in [-0.25, -0.2) is 0 Å². The number of aryl methyl sites for hydroxylation is 2. The number of aromatic nitrogens is 1. The van der Waals surface area contributed by atoms with Gasteiger partial charge < -0.3 is 14.3 Å². The van der Waals surface area contributed by atoms with E-state index in [1.54, 1.807) is 18.7 Å². The Hall–Kier alpha value is -2.84. The lowest BCUT2D eigenvalue weighted by atomic mass is 10.0. The topological polar surface area (TPSA) is 66.7 Å². The van der Waals surface area contributed by atoms with Crippen molar-refractivity contribution >= 4 is 11.8 Å². The number of halogens is 3. The molecule has 1 aromatic heterocycles. The van der Waals surface area contributed by atoms with Gasteiger partial charge in [-0.3, -0.25) is 9.59 Å². The van der Waals surface area contributed by atoms with Gasteiger partial charge in [0, 0.05) is 31.7 Å². The summed E-state index contributed by atoms with van der Waals surface area (Å²) in [6, 6.07) is 5.10. The van der Waals surface area contributed by atoms with Gasteiger partial charge in [-0.15, -0.1) is 0 Å². The van der Waals surface area contributed by atoms with Crippen molar-refractivity contribution < 1.29 is 27.3 Å². The summed E-state index contributed by atoms with van der Waals surface area (Å²) in [5.41, 5.74) is 0.605. The number of amides is 2. The summed E-state index contributed by atoms with van der Waals surface area (Å²) in [6.07, 6.45) is -4.64. The number of rotatable bonds is 4. The van der Waals surface area contributed by atoms with Crippen LogP contribution in [-0.2, 0) is 28.6 Å². The number of piperazine rings is 1. The van der Waals surface area contributed by atoms with Crippen LogP contribution in [0.4, 0.5) is 13.2 Å². The number of hydrogen-bond donors (Lipinski definition) is 0. The summed E-state index contributed by atoms with van der Waals surface area (Å²) in [7, 11) is 0. The molecule has 0 radical (unpaired) electrons. The molecule has 0 atom stereocenters. The van der Waals surface area contributed by atoms with Crippen LogP contribution in [0.1, 0.15) is 28.1 Å². The van der Waals surface area contributed by atoms with Crippen LogP contribution in [0.25, 0.3) is 0 Å². The molecule has 1 fully saturated rings. The first-order valence-corrected chi connectivity index (χ1v) is 9.29. The minimum Gasteiger partial charge on any atom is -0.361 e. The SMILES string of the molecule is Cc1noc(C)c1CC(=O)N1CCN(C(=O)Cc2ccccc2C(F)(F)F)CC1. The molecule has 1 aromatic carbocycles. The van der Waals surface area contributed by atoms with E-state index in [2.05, 4.69) is 5.16 Å². The van der Waals surface area contributed by atoms with Crippen LogP contribution in [0.15, 0.2) is 28.8 Å². The number of carbonyl (C=O) groups is 2. The number of carbonyl (C=O) groups excluding carboxylic acids is 2. The lowest BCUT2D eigenvalue weighted by molar-refractivity contribution is -0.140. The van der Waals surface area contributed by atoms with E-state index in [-0.39, 0.29) is 30.2 Å². The van der Waals surface area contributed by atoms with Crippen LogP contribution in [0.3, 0.4) is 0 Å². The molecule has 1 aliphatic rings. The lowest BCUT2D eigenvalue weighted by Crippen LogP contribution is -2.51. The highest BCUT2D eigenvalue weighted by Gasteiger charge is 2.34. The second-order valence-electron chi connectivity index (χ2n) is 7.07. The Kier molecular flexibility index (Phi) is 5.95. The zero-order valence-corrected chi connectivity index (χ0v) is 16.3. The van der Waals surface area contributed by atoms with E-state index < -0.39 is 11.7 Å². The highest BCUT2D eigenvalue weighted by Crippen LogP contribution is 2.32. The van der Waals surface area contributed by atoms with E-state index in [4.69, 9.17) is 4.52 Å². The van der Waals surface area contributed by atoms with Crippen LogP contribution >= 0.6 is 0 Å². The maximum Gasteiger partial charge on any atom is 0.416 e. The Labute approximate surface area is 166 Å². The zero-order valence-electron chi connectivity index (χ0n) is 16.3. The van der Waals surface area contributed by atoms with Crippen LogP contribution < -0.4 is 0 Å². The van der Waals surface area contributed by atoms with Crippen LogP contribution in [0, 0.1) is 13.8 Å². The predicted molar refractivity (Wildman–Crippen MR) is 98.0 cm³/mol. The van der Waals surface area contributed by atoms with Crippen molar-refractivity contribution in [2.75, 3.05) is 26.2 Å². The Balaban J connectivity index is 1.57. The largest absolute Gasteiger partial charge is 0.416 e. The monoisotopic (exact) mass is 409 g/mol. The van der Waals surface area contributed by atoms with Gasteiger partial charge >= 0.3 is 6.18 Å². The normalized spacial score (nSPS) is 14.9. The number of alkyl halides is 3. The quantitative estimate of drug-likeness (QED) is 0.779. The van der Waals surface area contributed by atoms with Crippen molar-refractivity contribution in [2.24, 2.45) is 0 Å². The predicted octanol–water partition coefficient (Wildman–Crippen LogP) is 2.77. The summed E-state index contributed by atoms with van der Waals surface area (Å²) in [6.45, 7) is 4.79. The Morgan fingerprint density at radius 3 is 2.07 bits per heavy atom. The minimum absolute atomic E-state index is 0.0399. The molecule has 0 spiro atoms. The molecule has 3 rings (SSSR count). The Morgan fingerprint density at radius 2 is 1.55 bits per heavy atom. The van der Waals surface area contributed by atoms with Gasteiger partial charge in [0.1, 0.15) is 5.76 Å². The first-order valence-electron chi connectivity index (χ1n) is 9.29. The van der Waals surface area contributed by atoms with Crippen molar-refractivity contribution in [3.63, 3.8) is 0 Å². The first-order chi connectivity index (χ1) is 13.7. The molecule has 0 saturated carbocycles. The van der Waals surface area contributed by atoms with Crippen LogP contribution in [0.2, 0.25) is 0 Å². The Bertz CT molecular complexity index is 880. The molecule has 6 nitrogen and oxygen atoms in total. The molecule has 9 heteroatoms. The summed E-state index contributed by atoms with van der Waals surface area (Å²) in [5, 5.41) is 3.84. The molecule has 2 aromatic rings. The fourth-order valence-corrected chi connectivity index (χ4v) is 3.45. The van der Waals surface area contributed by atoms with Crippen molar-refractivity contribution in [1.82, 2.24) is 15.0 Å². The van der Waals surface area contributed by atoms with Gasteiger partial charge in [0.2, 0.25) is 11.8 Å². The van der Waals surface area contributed by atoms with Gasteiger partial charge in [-0.1, -0.05) is 23.4 Å². The molecule has 0 N–H and O–H groups in total. The van der Waals surface area contributed by atoms with Crippen molar-refractivity contribution in [3.8, 4) is 0 Å². The van der Waals surface area contributed by atoms with E-state index in [1.807, 2.05) is 0 Å². The molecule has 156 valence electrons. The number of hydrogen-bond acceptors (Lipinski definition) is 4. The van der Waals surface area contributed by atoms with Crippen molar-refractivity contribution in [3.05, 3.63) is 52.4 Å². The molecule has 0 unspecified atom stereocenters. The van der Waals surface area contributed by atoms with Gasteiger partial charge in [-0.2, -0.15) is 13.2 Å². The third-order valence-corrected chi connectivity index (χ3v) is 5.16. The first kappa shape index (κ1) is 20.9. The minimum atomic E-state index is -4.50. The smallest absolute Gasteiger partial charge is 0.361 e. The van der Waals surface area contributed by atoms with E-state index in [1.165, 1.54) is 23.1 Å². The third-order valence-electron chi connectivity index (χ3n) is 5.16. The molecular weight excluding hydrogens is 387 g/mol. The fourth-order valence-electron chi connectivity index (χ4n) is 3.45. The second-order valence-corrected chi connectivity index (χ2v) is 7.07. The average molecular weight is 409 g/mol. The zero-order chi connectivity index (χ0) is 21.2. The van der Waals surface area contributed by atoms with Gasteiger partial charge in [0.15, 0.2) is 0 Å². The lowest BCUT2D eigenvalue weighted by Gasteiger charge is -2.35. The van der Waals surface area contributed by atoms with Gasteiger partial charge in [-0.05, 0) is 25.5 Å². The maximum atomic E-state index is 13.1. The molecule has 0 bridgehead atoms. The molecule has 1 aliphatic heterocycles. The average Bonchev–Trinajstić information content (AvgIpc) is 2.99. The molecular formula is C20H22F3N3O3. The standard InChI is InChI=1S/C20H22F3N3O3/c1-13-16(14(2)29-24-13)12-19(28)26-9-7-25(8-10-26)18(27)11-15-5-3-4-6-17(15)20(21,22)23/h3-6H,7-12H2,1-2H3. The van der Waals surface area contributed by atoms with E-state index >= 15 is 0 Å². The van der Waals surface area contributed by atoms with E-state index in [9.17, 15) is 22.8 Å². The van der Waals surface area contributed by atoms with Gasteiger partial charge in [0.25, 0.3) is 0 Å². The molecule has 1 saturated heterocycles. The molecule has 0 aliphatic carbocycles. The Morgan fingerprint density at radius 1 is 1.00 bits per heavy atom. The summed E-state index contributed by atoms with van der Waals surface area (Å²) in [5.74, 6) is 0.140. The van der Waals surface area contributed by atoms with E-state index in [0.29, 0.717) is 37.6 Å². The second kappa shape index (κ2) is 8.26. The van der Waals surface area contributed by atoms with Gasteiger partial charge in [0.05, 0.1) is 24.1 Å². The molecule has 2 amide bonds. The number of benzene rings is 1. The number of nitrogens with zero attached hydrogens (tertiary/aromatic N) is 3. The highest BCUT2D eigenvalue weighted by atomic mass is 19.4. The summed E-state index contributed by atoms with van der Waals surface area (Å²) >= 11 is 0. The van der Waals surface area contributed by atoms with Crippen molar-refractivity contribution in [2.45, 2.75) is 32.9 Å². The fraction of sp³-hybridized carbons (Fsp3) is 0.450. The summed E-state index contributed by atoms with van der Waals surface area (Å²) < 4.78 is 44.4. The van der Waals surface area contributed by atoms with Crippen LogP contribution in [-0.4, -0.2) is 52.9 Å². The molecule has 29 heavy (non-hydrogen) atoms. The van der Waals surface area contributed by atoms with Crippen molar-refractivity contribution in [1.29, 1.82) is 0 Å². The van der Waals surface area contributed by atoms with Crippen LogP contribution in [0.5, 0.6) is 0 Å². The molecule has 2 heterocycles.